The number of fused-ring (bicyclic) bond motifs is 2. The van der Waals surface area contributed by atoms with Crippen molar-refractivity contribution in [2.75, 3.05) is 0 Å². The number of benzene rings is 11. The molecule has 0 saturated heterocycles. The predicted molar refractivity (Wildman–Crippen MR) is 232 cm³/mol. The van der Waals surface area contributed by atoms with Crippen molar-refractivity contribution in [3.8, 4) is 55.6 Å². The van der Waals surface area contributed by atoms with Gasteiger partial charge in [-0.05, 0) is 128 Å². The lowest BCUT2D eigenvalue weighted by Gasteiger charge is -2.19. The first-order valence-corrected chi connectivity index (χ1v) is 18.8. The van der Waals surface area contributed by atoms with Crippen LogP contribution < -0.4 is 0 Å². The van der Waals surface area contributed by atoms with Gasteiger partial charge in [0.1, 0.15) is 0 Å². The highest BCUT2D eigenvalue weighted by molar-refractivity contribution is 6.26. The second-order valence-electron chi connectivity index (χ2n) is 14.4. The van der Waals surface area contributed by atoms with Gasteiger partial charge in [-0.25, -0.2) is 0 Å². The van der Waals surface area contributed by atoms with E-state index in [1.165, 1.54) is 109 Å². The van der Waals surface area contributed by atoms with Crippen LogP contribution in [-0.4, -0.2) is 0 Å². The topological polar surface area (TPSA) is 0 Å². The van der Waals surface area contributed by atoms with Gasteiger partial charge < -0.3 is 0 Å². The zero-order valence-corrected chi connectivity index (χ0v) is 29.6. The van der Waals surface area contributed by atoms with Gasteiger partial charge in [-0.3, -0.25) is 0 Å². The highest BCUT2D eigenvalue weighted by Crippen LogP contribution is 2.46. The quantitative estimate of drug-likeness (QED) is 0.125. The summed E-state index contributed by atoms with van der Waals surface area (Å²) in [5.74, 6) is 0. The minimum absolute atomic E-state index is 1.21. The summed E-state index contributed by atoms with van der Waals surface area (Å²) in [5.41, 5.74) is 12.3. The summed E-state index contributed by atoms with van der Waals surface area (Å²) in [4.78, 5) is 0. The molecule has 0 heteroatoms. The van der Waals surface area contributed by atoms with Crippen LogP contribution in [0.2, 0.25) is 0 Å². The van der Waals surface area contributed by atoms with E-state index in [4.69, 9.17) is 0 Å². The summed E-state index contributed by atoms with van der Waals surface area (Å²) in [6.45, 7) is 0. The predicted octanol–water partition coefficient (Wildman–Crippen LogP) is 15.2. The molecule has 0 atom stereocenters. The summed E-state index contributed by atoms with van der Waals surface area (Å²) < 4.78 is 0. The summed E-state index contributed by atoms with van der Waals surface area (Å²) in [6, 6.07) is 76.1. The van der Waals surface area contributed by atoms with E-state index in [-0.39, 0.29) is 0 Å². The van der Waals surface area contributed by atoms with E-state index >= 15 is 0 Å². The van der Waals surface area contributed by atoms with Gasteiger partial charge in [0.05, 0.1) is 0 Å². The fourth-order valence-corrected chi connectivity index (χ4v) is 8.92. The SMILES string of the molecule is c1ccc(-c2ccc3c(-c4cccc(-c5cccc(-c6ccc7ccc8cccc9ccc6c7c89)c5)c4)c4ccccc4c(-c4ccccc4)c3c2)cc1. The molecule has 0 aliphatic carbocycles. The van der Waals surface area contributed by atoms with Crippen molar-refractivity contribution in [1.29, 1.82) is 0 Å². The van der Waals surface area contributed by atoms with Gasteiger partial charge in [0.2, 0.25) is 0 Å². The Kier molecular flexibility index (Phi) is 6.97. The van der Waals surface area contributed by atoms with E-state index in [9.17, 15) is 0 Å². The highest BCUT2D eigenvalue weighted by atomic mass is 14.2. The third kappa shape index (κ3) is 4.85. The first-order chi connectivity index (χ1) is 26.8. The molecule has 0 aliphatic rings. The maximum absolute atomic E-state index is 2.40. The molecule has 0 aromatic heterocycles. The van der Waals surface area contributed by atoms with E-state index in [1.54, 1.807) is 0 Å². The van der Waals surface area contributed by atoms with E-state index in [0.29, 0.717) is 0 Å². The Hall–Kier alpha value is -7.02. The van der Waals surface area contributed by atoms with Gasteiger partial charge in [-0.2, -0.15) is 0 Å². The highest BCUT2D eigenvalue weighted by Gasteiger charge is 2.18. The first-order valence-electron chi connectivity index (χ1n) is 18.8. The van der Waals surface area contributed by atoms with Gasteiger partial charge in [-0.15, -0.1) is 0 Å². The monoisotopic (exact) mass is 682 g/mol. The van der Waals surface area contributed by atoms with E-state index in [1.807, 2.05) is 0 Å². The zero-order valence-electron chi connectivity index (χ0n) is 29.6. The average Bonchev–Trinajstić information content (AvgIpc) is 3.25. The molecule has 0 fully saturated rings. The lowest BCUT2D eigenvalue weighted by atomic mass is 9.84. The number of hydrogen-bond donors (Lipinski definition) is 0. The molecule has 54 heavy (non-hydrogen) atoms. The third-order valence-corrected chi connectivity index (χ3v) is 11.4. The Morgan fingerprint density at radius 2 is 0.667 bits per heavy atom. The number of rotatable bonds is 5. The molecule has 0 unspecified atom stereocenters. The van der Waals surface area contributed by atoms with Crippen LogP contribution in [0.5, 0.6) is 0 Å². The second-order valence-corrected chi connectivity index (χ2v) is 14.4. The minimum atomic E-state index is 1.21. The first kappa shape index (κ1) is 30.6. The van der Waals surface area contributed by atoms with Crippen LogP contribution in [-0.2, 0) is 0 Å². The molecule has 0 bridgehead atoms. The van der Waals surface area contributed by atoms with Crippen molar-refractivity contribution in [2.24, 2.45) is 0 Å². The zero-order chi connectivity index (χ0) is 35.6. The van der Waals surface area contributed by atoms with Crippen LogP contribution in [0.1, 0.15) is 0 Å². The van der Waals surface area contributed by atoms with Gasteiger partial charge >= 0.3 is 0 Å². The molecule has 0 amide bonds. The fourth-order valence-electron chi connectivity index (χ4n) is 8.92. The molecule has 0 nitrogen and oxygen atoms in total. The van der Waals surface area contributed by atoms with Crippen molar-refractivity contribution >= 4 is 53.9 Å². The van der Waals surface area contributed by atoms with Gasteiger partial charge in [0.15, 0.2) is 0 Å². The molecule has 0 radical (unpaired) electrons. The van der Waals surface area contributed by atoms with Crippen LogP contribution in [0.25, 0.3) is 109 Å². The molecule has 0 N–H and O–H groups in total. The molecule has 11 aromatic carbocycles. The molecular weight excluding hydrogens is 649 g/mol. The van der Waals surface area contributed by atoms with Gasteiger partial charge in [0.25, 0.3) is 0 Å². The summed E-state index contributed by atoms with van der Waals surface area (Å²) in [7, 11) is 0. The smallest absolute Gasteiger partial charge is 0.00206 e. The minimum Gasteiger partial charge on any atom is -0.0622 e. The third-order valence-electron chi connectivity index (χ3n) is 11.4. The van der Waals surface area contributed by atoms with Crippen LogP contribution >= 0.6 is 0 Å². The second kappa shape index (κ2) is 12.3. The average molecular weight is 683 g/mol. The Morgan fingerprint density at radius 1 is 0.204 bits per heavy atom. The molecule has 11 rings (SSSR count). The van der Waals surface area contributed by atoms with E-state index < -0.39 is 0 Å². The molecule has 0 spiro atoms. The molecule has 0 aliphatic heterocycles. The summed E-state index contributed by atoms with van der Waals surface area (Å²) >= 11 is 0. The Morgan fingerprint density at radius 3 is 1.39 bits per heavy atom. The summed E-state index contributed by atoms with van der Waals surface area (Å²) in [5, 5.41) is 12.9. The van der Waals surface area contributed by atoms with Crippen molar-refractivity contribution < 1.29 is 0 Å². The standard InChI is InChI=1S/C54H34/c1-3-12-35(13-4-1)42-28-31-49-50(34-42)52(36-14-5-2-6-15-36)46-22-7-8-23-47(46)53(49)44-21-11-19-41(33-44)40-18-10-20-43(32-40)45-29-26-39-25-24-37-16-9-17-38-27-30-48(45)54(39)51(37)38/h1-34H. The van der Waals surface area contributed by atoms with E-state index in [2.05, 4.69) is 206 Å². The van der Waals surface area contributed by atoms with Crippen LogP contribution in [0.3, 0.4) is 0 Å². The molecule has 0 saturated carbocycles. The summed E-state index contributed by atoms with van der Waals surface area (Å²) in [6.07, 6.45) is 0. The van der Waals surface area contributed by atoms with Crippen molar-refractivity contribution in [1.82, 2.24) is 0 Å². The van der Waals surface area contributed by atoms with E-state index in [0.717, 1.165) is 0 Å². The Balaban J connectivity index is 1.10. The van der Waals surface area contributed by atoms with Gasteiger partial charge in [0, 0.05) is 0 Å². The number of hydrogen-bond acceptors (Lipinski definition) is 0. The van der Waals surface area contributed by atoms with Crippen LogP contribution in [0, 0.1) is 0 Å². The van der Waals surface area contributed by atoms with Crippen molar-refractivity contribution in [3.63, 3.8) is 0 Å². The molecule has 0 heterocycles. The Bertz CT molecular complexity index is 3170. The fraction of sp³-hybridized carbons (Fsp3) is 0. The normalized spacial score (nSPS) is 11.7. The molecule has 250 valence electrons. The van der Waals surface area contributed by atoms with Crippen LogP contribution in [0.15, 0.2) is 206 Å². The molecule has 11 aromatic rings. The molecular formula is C54H34. The van der Waals surface area contributed by atoms with Gasteiger partial charge in [-0.1, -0.05) is 188 Å². The van der Waals surface area contributed by atoms with Crippen molar-refractivity contribution in [3.05, 3.63) is 206 Å². The van der Waals surface area contributed by atoms with Crippen LogP contribution in [0.4, 0.5) is 0 Å². The maximum atomic E-state index is 2.40. The largest absolute Gasteiger partial charge is 0.0622 e. The lowest BCUT2D eigenvalue weighted by molar-refractivity contribution is 1.60. The van der Waals surface area contributed by atoms with Crippen molar-refractivity contribution in [2.45, 2.75) is 0 Å². The Labute approximate surface area is 314 Å². The maximum Gasteiger partial charge on any atom is -0.00206 e. The lowest BCUT2D eigenvalue weighted by Crippen LogP contribution is -1.92.